The summed E-state index contributed by atoms with van der Waals surface area (Å²) >= 11 is 0. The van der Waals surface area contributed by atoms with Crippen LogP contribution in [0.25, 0.3) is 0 Å². The van der Waals surface area contributed by atoms with E-state index in [0.717, 1.165) is 19.3 Å². The van der Waals surface area contributed by atoms with Gasteiger partial charge in [-0.15, -0.1) is 0 Å². The van der Waals surface area contributed by atoms with Gasteiger partial charge in [0.25, 0.3) is 0 Å². The molecule has 1 rings (SSSR count). The largest absolute Gasteiger partial charge is 0.457 e. The van der Waals surface area contributed by atoms with Crippen LogP contribution in [-0.4, -0.2) is 97.5 Å². The average molecular weight is 615 g/mol. The van der Waals surface area contributed by atoms with Crippen molar-refractivity contribution in [1.82, 2.24) is 0 Å². The van der Waals surface area contributed by atoms with Crippen LogP contribution < -0.4 is 0 Å². The normalized spacial score (nSPS) is 23.9. The van der Waals surface area contributed by atoms with Crippen molar-refractivity contribution in [1.29, 1.82) is 0 Å². The molecule has 0 spiro atoms. The second-order valence-electron chi connectivity index (χ2n) is 10.7. The molecule has 0 amide bonds. The van der Waals surface area contributed by atoms with E-state index in [2.05, 4.69) is 11.1 Å². The number of carbonyl (C=O) groups excluding carboxylic acids is 1. The molecular formula is C28H54O12S. The molecule has 1 fully saturated rings. The highest BCUT2D eigenvalue weighted by atomic mass is 32.3. The Bertz CT molecular complexity index is 765. The number of esters is 1. The molecule has 0 aromatic rings. The summed E-state index contributed by atoms with van der Waals surface area (Å²) in [6.45, 7) is 3.36. The fraction of sp³-hybridized carbons (Fsp3) is 0.964. The molecule has 13 heteroatoms. The molecule has 4 N–H and O–H groups in total. The zero-order valence-corrected chi connectivity index (χ0v) is 25.7. The van der Waals surface area contributed by atoms with Gasteiger partial charge in [-0.25, -0.2) is 4.18 Å². The highest BCUT2D eigenvalue weighted by Gasteiger charge is 2.48. The van der Waals surface area contributed by atoms with Gasteiger partial charge in [-0.05, 0) is 6.42 Å². The van der Waals surface area contributed by atoms with Crippen LogP contribution in [0.4, 0.5) is 0 Å². The minimum absolute atomic E-state index is 0.0317. The van der Waals surface area contributed by atoms with Crippen molar-refractivity contribution in [2.45, 2.75) is 147 Å². The molecule has 0 bridgehead atoms. The molecule has 1 heterocycles. The van der Waals surface area contributed by atoms with Gasteiger partial charge in [0.1, 0.15) is 30.5 Å². The standard InChI is InChI=1S/C28H54O12S/c1-3-5-6-7-8-9-10-11-12-13-14-15-16-17-18-36-20-22(38-24(30)4-2)21-37-28-26(32)27(40-41(33,34)35)25(31)23(19-29)39-28/h22-23,25-29,31-32H,3-21H2,1-2H3,(H,33,34,35). The second kappa shape index (κ2) is 22.6. The number of aliphatic hydroxyl groups excluding tert-OH is 3. The smallest absolute Gasteiger partial charge is 0.397 e. The van der Waals surface area contributed by atoms with E-state index < -0.39 is 59.8 Å². The number of aliphatic hydroxyl groups is 3. The number of hydrogen-bond acceptors (Lipinski definition) is 11. The molecular weight excluding hydrogens is 560 g/mol. The molecule has 12 nitrogen and oxygen atoms in total. The first kappa shape index (κ1) is 38.1. The third-order valence-electron chi connectivity index (χ3n) is 7.03. The van der Waals surface area contributed by atoms with E-state index in [-0.39, 0.29) is 19.6 Å². The van der Waals surface area contributed by atoms with Gasteiger partial charge in [-0.2, -0.15) is 8.42 Å². The Kier molecular flexibility index (Phi) is 21.0. The predicted octanol–water partition coefficient (Wildman–Crippen LogP) is 3.45. The Morgan fingerprint density at radius 2 is 1.37 bits per heavy atom. The maximum absolute atomic E-state index is 11.9. The van der Waals surface area contributed by atoms with Gasteiger partial charge in [-0.3, -0.25) is 9.35 Å². The first-order chi connectivity index (χ1) is 19.6. The van der Waals surface area contributed by atoms with E-state index in [1.807, 2.05) is 0 Å². The molecule has 1 saturated heterocycles. The summed E-state index contributed by atoms with van der Waals surface area (Å²) in [6, 6.07) is 0. The lowest BCUT2D eigenvalue weighted by atomic mass is 9.99. The fourth-order valence-electron chi connectivity index (χ4n) is 4.65. The summed E-state index contributed by atoms with van der Waals surface area (Å²) in [4.78, 5) is 11.9. The zero-order valence-electron chi connectivity index (χ0n) is 24.9. The first-order valence-electron chi connectivity index (χ1n) is 15.3. The van der Waals surface area contributed by atoms with E-state index in [1.165, 1.54) is 70.6 Å². The van der Waals surface area contributed by atoms with Crippen molar-refractivity contribution in [2.24, 2.45) is 0 Å². The predicted molar refractivity (Wildman–Crippen MR) is 151 cm³/mol. The average Bonchev–Trinajstić information content (AvgIpc) is 2.93. The van der Waals surface area contributed by atoms with Crippen molar-refractivity contribution in [2.75, 3.05) is 26.4 Å². The summed E-state index contributed by atoms with van der Waals surface area (Å²) in [5, 5.41) is 30.0. The summed E-state index contributed by atoms with van der Waals surface area (Å²) < 4.78 is 57.4. The van der Waals surface area contributed by atoms with Gasteiger partial charge in [0.15, 0.2) is 6.29 Å². The minimum Gasteiger partial charge on any atom is -0.457 e. The van der Waals surface area contributed by atoms with Crippen LogP contribution in [0, 0.1) is 0 Å². The van der Waals surface area contributed by atoms with E-state index >= 15 is 0 Å². The lowest BCUT2D eigenvalue weighted by Gasteiger charge is -2.41. The van der Waals surface area contributed by atoms with Crippen LogP contribution >= 0.6 is 0 Å². The van der Waals surface area contributed by atoms with Crippen molar-refractivity contribution in [3.8, 4) is 0 Å². The number of hydrogen-bond donors (Lipinski definition) is 4. The van der Waals surface area contributed by atoms with Crippen LogP contribution in [0.15, 0.2) is 0 Å². The van der Waals surface area contributed by atoms with Gasteiger partial charge in [0.05, 0.1) is 19.8 Å². The number of rotatable bonds is 25. The Morgan fingerprint density at radius 3 is 1.85 bits per heavy atom. The number of ether oxygens (including phenoxy) is 4. The van der Waals surface area contributed by atoms with Crippen LogP contribution in [-0.2, 0) is 38.3 Å². The van der Waals surface area contributed by atoms with Crippen molar-refractivity contribution < 1.29 is 56.2 Å². The lowest BCUT2D eigenvalue weighted by molar-refractivity contribution is -0.301. The number of carbonyl (C=O) groups is 1. The van der Waals surface area contributed by atoms with Gasteiger partial charge in [-0.1, -0.05) is 97.3 Å². The third kappa shape index (κ3) is 17.7. The lowest BCUT2D eigenvalue weighted by Crippen LogP contribution is -2.60. The summed E-state index contributed by atoms with van der Waals surface area (Å²) in [7, 11) is -5.03. The number of unbranched alkanes of at least 4 members (excludes halogenated alkanes) is 13. The van der Waals surface area contributed by atoms with Crippen LogP contribution in [0.3, 0.4) is 0 Å². The topological polar surface area (TPSA) is 178 Å². The molecule has 6 atom stereocenters. The Morgan fingerprint density at radius 1 is 0.829 bits per heavy atom. The first-order valence-corrected chi connectivity index (χ1v) is 16.7. The molecule has 1 aliphatic rings. The fourth-order valence-corrected chi connectivity index (χ4v) is 5.15. The summed E-state index contributed by atoms with van der Waals surface area (Å²) in [6.07, 6.45) is 8.46. The third-order valence-corrected chi connectivity index (χ3v) is 7.50. The summed E-state index contributed by atoms with van der Waals surface area (Å²) in [5.74, 6) is -0.486. The van der Waals surface area contributed by atoms with Crippen molar-refractivity contribution in [3.05, 3.63) is 0 Å². The van der Waals surface area contributed by atoms with Crippen molar-refractivity contribution in [3.63, 3.8) is 0 Å². The van der Waals surface area contributed by atoms with Gasteiger partial charge >= 0.3 is 16.4 Å². The zero-order chi connectivity index (χ0) is 30.5. The molecule has 41 heavy (non-hydrogen) atoms. The van der Waals surface area contributed by atoms with E-state index in [9.17, 15) is 28.5 Å². The highest BCUT2D eigenvalue weighted by molar-refractivity contribution is 7.80. The highest BCUT2D eigenvalue weighted by Crippen LogP contribution is 2.25. The Hall–Kier alpha value is -0.900. The minimum atomic E-state index is -5.03. The van der Waals surface area contributed by atoms with Gasteiger partial charge in [0.2, 0.25) is 0 Å². The monoisotopic (exact) mass is 614 g/mol. The molecule has 0 aromatic carbocycles. The van der Waals surface area contributed by atoms with Crippen LogP contribution in [0.5, 0.6) is 0 Å². The molecule has 0 aromatic heterocycles. The molecule has 1 aliphatic heterocycles. The second-order valence-corrected chi connectivity index (χ2v) is 11.7. The van der Waals surface area contributed by atoms with Crippen LogP contribution in [0.2, 0.25) is 0 Å². The molecule has 0 saturated carbocycles. The SMILES string of the molecule is CCCCCCCCCCCCCCCCOCC(COC1OC(CO)C(O)C(OS(=O)(=O)O)C1O)OC(=O)CC. The Labute approximate surface area is 246 Å². The van der Waals surface area contributed by atoms with Crippen molar-refractivity contribution >= 4 is 16.4 Å². The summed E-state index contributed by atoms with van der Waals surface area (Å²) in [5.41, 5.74) is 0. The van der Waals surface area contributed by atoms with Gasteiger partial charge in [0, 0.05) is 13.0 Å². The van der Waals surface area contributed by atoms with E-state index in [1.54, 1.807) is 6.92 Å². The molecule has 244 valence electrons. The maximum Gasteiger partial charge on any atom is 0.397 e. The maximum atomic E-state index is 11.9. The van der Waals surface area contributed by atoms with E-state index in [4.69, 9.17) is 23.5 Å². The molecule has 0 radical (unpaired) electrons. The quantitative estimate of drug-likeness (QED) is 0.0670. The molecule has 6 unspecified atom stereocenters. The van der Waals surface area contributed by atoms with Crippen LogP contribution in [0.1, 0.15) is 110 Å². The molecule has 0 aliphatic carbocycles. The van der Waals surface area contributed by atoms with E-state index in [0.29, 0.717) is 6.61 Å². The van der Waals surface area contributed by atoms with Gasteiger partial charge < -0.3 is 34.3 Å². The Balaban J connectivity index is 2.31.